The summed E-state index contributed by atoms with van der Waals surface area (Å²) in [6.45, 7) is 3.72. The van der Waals surface area contributed by atoms with Gasteiger partial charge in [-0.25, -0.2) is 0 Å². The zero-order chi connectivity index (χ0) is 16.9. The van der Waals surface area contributed by atoms with Crippen molar-refractivity contribution in [2.45, 2.75) is 25.4 Å². The van der Waals surface area contributed by atoms with Gasteiger partial charge < -0.3 is 15.0 Å². The van der Waals surface area contributed by atoms with Crippen LogP contribution in [-0.2, 0) is 4.74 Å². The van der Waals surface area contributed by atoms with Crippen molar-refractivity contribution >= 4 is 5.96 Å². The second-order valence-electron chi connectivity index (χ2n) is 6.65. The summed E-state index contributed by atoms with van der Waals surface area (Å²) in [5, 5.41) is 3.26. The quantitative estimate of drug-likeness (QED) is 0.470. The monoisotopic (exact) mass is 336 g/mol. The Labute approximate surface area is 135 Å². The number of hydrogen-bond acceptors (Lipinski definition) is 3. The van der Waals surface area contributed by atoms with Crippen molar-refractivity contribution in [3.05, 3.63) is 0 Å². The second-order valence-corrected chi connectivity index (χ2v) is 6.65. The maximum atomic E-state index is 12.3. The average molecular weight is 336 g/mol. The largest absolute Gasteiger partial charge is 0.401 e. The Hall–Kier alpha value is -1.02. The van der Waals surface area contributed by atoms with Crippen molar-refractivity contribution in [1.29, 1.82) is 0 Å². The third kappa shape index (κ3) is 5.53. The topological polar surface area (TPSA) is 40.1 Å². The van der Waals surface area contributed by atoms with Crippen LogP contribution in [-0.4, -0.2) is 82.0 Å². The van der Waals surface area contributed by atoms with Crippen molar-refractivity contribution in [3.8, 4) is 0 Å². The fraction of sp³-hybridized carbons (Fsp3) is 0.933. The van der Waals surface area contributed by atoms with Gasteiger partial charge in [-0.15, -0.1) is 0 Å². The van der Waals surface area contributed by atoms with E-state index in [-0.39, 0.29) is 5.41 Å². The van der Waals surface area contributed by atoms with Crippen LogP contribution in [0, 0.1) is 5.41 Å². The third-order valence-electron chi connectivity index (χ3n) is 4.58. The van der Waals surface area contributed by atoms with E-state index in [1.54, 1.807) is 7.05 Å². The lowest BCUT2D eigenvalue weighted by molar-refractivity contribution is -0.143. The maximum absolute atomic E-state index is 12.3. The molecule has 2 rings (SSSR count). The summed E-state index contributed by atoms with van der Waals surface area (Å²) in [6.07, 6.45) is -1.27. The molecule has 0 aliphatic carbocycles. The molecule has 0 saturated carbocycles. The van der Waals surface area contributed by atoms with E-state index < -0.39 is 12.7 Å². The minimum absolute atomic E-state index is 0.268. The molecule has 1 atom stereocenters. The molecule has 0 radical (unpaired) electrons. The average Bonchev–Trinajstić information content (AvgIpc) is 3.08. The van der Waals surface area contributed by atoms with E-state index in [9.17, 15) is 13.2 Å². The zero-order valence-corrected chi connectivity index (χ0v) is 14.0. The minimum Gasteiger partial charge on any atom is -0.381 e. The molecule has 2 fully saturated rings. The van der Waals surface area contributed by atoms with Crippen LogP contribution in [0.4, 0.5) is 13.2 Å². The van der Waals surface area contributed by atoms with E-state index in [0.29, 0.717) is 19.5 Å². The molecule has 1 N–H and O–H groups in total. The molecule has 0 bridgehead atoms. The number of ether oxygens (including phenoxy) is 1. The molecule has 2 saturated heterocycles. The summed E-state index contributed by atoms with van der Waals surface area (Å²) in [7, 11) is 3.24. The van der Waals surface area contributed by atoms with Crippen molar-refractivity contribution in [2.75, 3.05) is 60.0 Å². The molecule has 1 unspecified atom stereocenters. The molecular formula is C15H27F3N4O. The lowest BCUT2D eigenvalue weighted by Crippen LogP contribution is -2.42. The molecule has 2 aliphatic heterocycles. The molecule has 0 aromatic rings. The molecule has 1 spiro atoms. The lowest BCUT2D eigenvalue weighted by atomic mass is 9.87. The molecule has 0 aromatic heterocycles. The Bertz CT molecular complexity index is 408. The highest BCUT2D eigenvalue weighted by atomic mass is 19.4. The molecule has 0 aromatic carbocycles. The first-order valence-electron chi connectivity index (χ1n) is 8.12. The van der Waals surface area contributed by atoms with Gasteiger partial charge in [-0.1, -0.05) is 0 Å². The Morgan fingerprint density at radius 3 is 2.78 bits per heavy atom. The fourth-order valence-corrected chi connectivity index (χ4v) is 3.35. The van der Waals surface area contributed by atoms with E-state index in [1.165, 1.54) is 11.9 Å². The van der Waals surface area contributed by atoms with Gasteiger partial charge in [0.2, 0.25) is 0 Å². The maximum Gasteiger partial charge on any atom is 0.401 e. The first-order valence-corrected chi connectivity index (χ1v) is 8.12. The smallest absolute Gasteiger partial charge is 0.381 e. The highest BCUT2D eigenvalue weighted by molar-refractivity contribution is 5.80. The predicted octanol–water partition coefficient (Wildman–Crippen LogP) is 1.56. The van der Waals surface area contributed by atoms with Crippen molar-refractivity contribution in [2.24, 2.45) is 10.4 Å². The summed E-state index contributed by atoms with van der Waals surface area (Å²) < 4.78 is 42.3. The standard InChI is InChI=1S/C15H27F3N4O/c1-19-13(20-6-3-7-21(2)11-15(16,17)18)22-8-4-14(10-22)5-9-23-12-14/h3-12H2,1-2H3,(H,19,20). The van der Waals surface area contributed by atoms with Gasteiger partial charge in [0.25, 0.3) is 0 Å². The third-order valence-corrected chi connectivity index (χ3v) is 4.58. The van der Waals surface area contributed by atoms with E-state index >= 15 is 0 Å². The van der Waals surface area contributed by atoms with Gasteiger partial charge in [0.1, 0.15) is 0 Å². The van der Waals surface area contributed by atoms with Crippen LogP contribution < -0.4 is 5.32 Å². The van der Waals surface area contributed by atoms with E-state index in [1.807, 2.05) is 0 Å². The summed E-state index contributed by atoms with van der Waals surface area (Å²) in [4.78, 5) is 7.82. The van der Waals surface area contributed by atoms with E-state index in [4.69, 9.17) is 4.74 Å². The van der Waals surface area contributed by atoms with Crippen LogP contribution in [0.15, 0.2) is 4.99 Å². The number of likely N-dealkylation sites (tertiary alicyclic amines) is 1. The molecule has 5 nitrogen and oxygen atoms in total. The molecule has 8 heteroatoms. The second kappa shape index (κ2) is 7.70. The van der Waals surface area contributed by atoms with Crippen LogP contribution in [0.2, 0.25) is 0 Å². The summed E-state index contributed by atoms with van der Waals surface area (Å²) >= 11 is 0. The molecule has 134 valence electrons. The van der Waals surface area contributed by atoms with Gasteiger partial charge in [0.05, 0.1) is 13.2 Å². The Balaban J connectivity index is 1.68. The van der Waals surface area contributed by atoms with Crippen molar-refractivity contribution in [3.63, 3.8) is 0 Å². The van der Waals surface area contributed by atoms with Gasteiger partial charge >= 0.3 is 6.18 Å². The first kappa shape index (κ1) is 18.3. The number of nitrogens with one attached hydrogen (secondary N) is 1. The molecule has 2 heterocycles. The first-order chi connectivity index (χ1) is 10.8. The summed E-state index contributed by atoms with van der Waals surface area (Å²) in [5.41, 5.74) is 0.268. The van der Waals surface area contributed by atoms with Crippen LogP contribution in [0.25, 0.3) is 0 Å². The van der Waals surface area contributed by atoms with E-state index in [0.717, 1.165) is 45.1 Å². The number of nitrogens with zero attached hydrogens (tertiary/aromatic N) is 3. The number of rotatable bonds is 5. The zero-order valence-electron chi connectivity index (χ0n) is 14.0. The molecular weight excluding hydrogens is 309 g/mol. The lowest BCUT2D eigenvalue weighted by Gasteiger charge is -2.25. The van der Waals surface area contributed by atoms with Gasteiger partial charge in [-0.05, 0) is 32.9 Å². The number of guanidine groups is 1. The Kier molecular flexibility index (Phi) is 6.13. The minimum atomic E-state index is -4.13. The molecule has 0 amide bonds. The number of aliphatic imine (C=N–C) groups is 1. The highest BCUT2D eigenvalue weighted by Gasteiger charge is 2.42. The number of halogens is 3. The normalized spacial score (nSPS) is 25.8. The fourth-order valence-electron chi connectivity index (χ4n) is 3.35. The van der Waals surface area contributed by atoms with Crippen LogP contribution >= 0.6 is 0 Å². The van der Waals surface area contributed by atoms with Crippen molar-refractivity contribution < 1.29 is 17.9 Å². The van der Waals surface area contributed by atoms with Crippen LogP contribution in [0.5, 0.6) is 0 Å². The Morgan fingerprint density at radius 2 is 2.17 bits per heavy atom. The number of alkyl halides is 3. The van der Waals surface area contributed by atoms with Crippen LogP contribution in [0.3, 0.4) is 0 Å². The van der Waals surface area contributed by atoms with Crippen molar-refractivity contribution in [1.82, 2.24) is 15.1 Å². The molecule has 23 heavy (non-hydrogen) atoms. The van der Waals surface area contributed by atoms with Gasteiger partial charge in [-0.3, -0.25) is 9.89 Å². The van der Waals surface area contributed by atoms with Crippen LogP contribution in [0.1, 0.15) is 19.3 Å². The van der Waals surface area contributed by atoms with Gasteiger partial charge in [0, 0.05) is 38.7 Å². The highest BCUT2D eigenvalue weighted by Crippen LogP contribution is 2.38. The SMILES string of the molecule is CN=C(NCCCN(C)CC(F)(F)F)N1CCC2(CCOC2)C1. The molecule has 2 aliphatic rings. The van der Waals surface area contributed by atoms with E-state index in [2.05, 4.69) is 15.2 Å². The summed E-state index contributed by atoms with van der Waals surface area (Å²) in [5.74, 6) is 0.840. The predicted molar refractivity (Wildman–Crippen MR) is 83.6 cm³/mol. The number of hydrogen-bond donors (Lipinski definition) is 1. The summed E-state index contributed by atoms with van der Waals surface area (Å²) in [6, 6.07) is 0. The van der Waals surface area contributed by atoms with Gasteiger partial charge in [0.15, 0.2) is 5.96 Å². The van der Waals surface area contributed by atoms with Gasteiger partial charge in [-0.2, -0.15) is 13.2 Å². The Morgan fingerprint density at radius 1 is 1.39 bits per heavy atom.